The van der Waals surface area contributed by atoms with Gasteiger partial charge in [-0.05, 0) is 42.8 Å². The average molecular weight is 276 g/mol. The van der Waals surface area contributed by atoms with Gasteiger partial charge in [0.05, 0.1) is 12.1 Å². The lowest BCUT2D eigenvalue weighted by Crippen LogP contribution is -2.11. The molecule has 0 aliphatic rings. The molecule has 1 unspecified atom stereocenters. The highest BCUT2D eigenvalue weighted by Crippen LogP contribution is 2.30. The first kappa shape index (κ1) is 13.9. The number of hydrogen-bond acceptors (Lipinski definition) is 2. The van der Waals surface area contributed by atoms with Crippen LogP contribution in [0.25, 0.3) is 11.1 Å². The van der Waals surface area contributed by atoms with Crippen LogP contribution < -0.4 is 10.1 Å². The zero-order chi connectivity index (χ0) is 13.8. The van der Waals surface area contributed by atoms with Gasteiger partial charge in [0.1, 0.15) is 5.75 Å². The molecule has 2 aromatic rings. The van der Waals surface area contributed by atoms with Crippen molar-refractivity contribution in [2.24, 2.45) is 0 Å². The highest BCUT2D eigenvalue weighted by atomic mass is 35.5. The van der Waals surface area contributed by atoms with E-state index in [0.717, 1.165) is 11.1 Å². The van der Waals surface area contributed by atoms with E-state index in [9.17, 15) is 0 Å². The monoisotopic (exact) mass is 275 g/mol. The van der Waals surface area contributed by atoms with Gasteiger partial charge in [0.2, 0.25) is 0 Å². The third kappa shape index (κ3) is 3.09. The Labute approximate surface area is 119 Å². The standard InChI is InChI=1S/C16H18ClNO/c1-11(18-2)12-4-6-13(7-5-12)14-8-9-16(19-3)15(17)10-14/h4-11,18H,1-3H3. The molecule has 0 aliphatic heterocycles. The molecule has 0 spiro atoms. The summed E-state index contributed by atoms with van der Waals surface area (Å²) >= 11 is 6.15. The summed E-state index contributed by atoms with van der Waals surface area (Å²) in [5, 5.41) is 3.86. The molecule has 1 atom stereocenters. The Morgan fingerprint density at radius 3 is 2.21 bits per heavy atom. The summed E-state index contributed by atoms with van der Waals surface area (Å²) < 4.78 is 5.16. The minimum absolute atomic E-state index is 0.355. The molecule has 2 nitrogen and oxygen atoms in total. The van der Waals surface area contributed by atoms with Crippen molar-refractivity contribution < 1.29 is 4.74 Å². The average Bonchev–Trinajstić information content (AvgIpc) is 2.46. The summed E-state index contributed by atoms with van der Waals surface area (Å²) in [6.45, 7) is 2.14. The molecule has 2 rings (SSSR count). The first-order valence-corrected chi connectivity index (χ1v) is 6.64. The Morgan fingerprint density at radius 1 is 1.05 bits per heavy atom. The number of methoxy groups -OCH3 is 1. The fraction of sp³-hybridized carbons (Fsp3) is 0.250. The molecule has 2 aromatic carbocycles. The van der Waals surface area contributed by atoms with Crippen molar-refractivity contribution in [2.75, 3.05) is 14.2 Å². The van der Waals surface area contributed by atoms with Gasteiger partial charge in [0, 0.05) is 6.04 Å². The normalized spacial score (nSPS) is 12.2. The predicted octanol–water partition coefficient (Wildman–Crippen LogP) is 4.30. The Balaban J connectivity index is 2.29. The molecule has 1 N–H and O–H groups in total. The van der Waals surface area contributed by atoms with Crippen LogP contribution in [0.15, 0.2) is 42.5 Å². The van der Waals surface area contributed by atoms with Crippen LogP contribution in [0, 0.1) is 0 Å². The van der Waals surface area contributed by atoms with Gasteiger partial charge < -0.3 is 10.1 Å². The molecule has 0 bridgehead atoms. The van der Waals surface area contributed by atoms with Crippen molar-refractivity contribution in [3.63, 3.8) is 0 Å². The van der Waals surface area contributed by atoms with E-state index in [2.05, 4.69) is 36.5 Å². The van der Waals surface area contributed by atoms with Gasteiger partial charge in [-0.15, -0.1) is 0 Å². The second-order valence-electron chi connectivity index (χ2n) is 4.48. The number of halogens is 1. The summed E-state index contributed by atoms with van der Waals surface area (Å²) in [5.74, 6) is 0.700. The van der Waals surface area contributed by atoms with E-state index in [1.54, 1.807) is 7.11 Å². The summed E-state index contributed by atoms with van der Waals surface area (Å²) in [6, 6.07) is 14.7. The van der Waals surface area contributed by atoms with Gasteiger partial charge in [0.15, 0.2) is 0 Å². The lowest BCUT2D eigenvalue weighted by Gasteiger charge is -2.11. The van der Waals surface area contributed by atoms with Gasteiger partial charge in [-0.3, -0.25) is 0 Å². The van der Waals surface area contributed by atoms with Crippen LogP contribution in [0.3, 0.4) is 0 Å². The zero-order valence-corrected chi connectivity index (χ0v) is 12.2. The minimum Gasteiger partial charge on any atom is -0.495 e. The lowest BCUT2D eigenvalue weighted by atomic mass is 10.0. The van der Waals surface area contributed by atoms with Gasteiger partial charge in [0.25, 0.3) is 0 Å². The van der Waals surface area contributed by atoms with Crippen LogP contribution in [-0.4, -0.2) is 14.2 Å². The molecule has 0 radical (unpaired) electrons. The first-order chi connectivity index (χ1) is 9.15. The maximum atomic E-state index is 6.15. The third-order valence-corrected chi connectivity index (χ3v) is 3.62. The fourth-order valence-electron chi connectivity index (χ4n) is 1.98. The van der Waals surface area contributed by atoms with E-state index in [-0.39, 0.29) is 0 Å². The van der Waals surface area contributed by atoms with Crippen LogP contribution >= 0.6 is 11.6 Å². The Bertz CT molecular complexity index is 551. The van der Waals surface area contributed by atoms with E-state index in [1.807, 2.05) is 25.2 Å². The molecule has 0 amide bonds. The van der Waals surface area contributed by atoms with Crippen LogP contribution in [0.2, 0.25) is 5.02 Å². The molecular weight excluding hydrogens is 258 g/mol. The molecule has 0 saturated heterocycles. The second-order valence-corrected chi connectivity index (χ2v) is 4.89. The summed E-state index contributed by atoms with van der Waals surface area (Å²) in [6.07, 6.45) is 0. The van der Waals surface area contributed by atoms with Crippen molar-refractivity contribution in [1.82, 2.24) is 5.32 Å². The molecule has 0 heterocycles. The number of nitrogens with one attached hydrogen (secondary N) is 1. The largest absolute Gasteiger partial charge is 0.495 e. The van der Waals surface area contributed by atoms with E-state index in [4.69, 9.17) is 16.3 Å². The Hall–Kier alpha value is -1.51. The number of rotatable bonds is 4. The first-order valence-electron chi connectivity index (χ1n) is 6.27. The molecule has 0 aliphatic carbocycles. The van der Waals surface area contributed by atoms with E-state index < -0.39 is 0 Å². The van der Waals surface area contributed by atoms with E-state index in [1.165, 1.54) is 5.56 Å². The van der Waals surface area contributed by atoms with E-state index in [0.29, 0.717) is 16.8 Å². The number of ether oxygens (including phenoxy) is 1. The maximum absolute atomic E-state index is 6.15. The minimum atomic E-state index is 0.355. The van der Waals surface area contributed by atoms with Gasteiger partial charge in [-0.25, -0.2) is 0 Å². The highest BCUT2D eigenvalue weighted by molar-refractivity contribution is 6.32. The fourth-order valence-corrected chi connectivity index (χ4v) is 2.23. The molecule has 0 saturated carbocycles. The summed E-state index contributed by atoms with van der Waals surface area (Å²) in [4.78, 5) is 0. The lowest BCUT2D eigenvalue weighted by molar-refractivity contribution is 0.415. The Kier molecular flexibility index (Phi) is 4.46. The topological polar surface area (TPSA) is 21.3 Å². The van der Waals surface area contributed by atoms with Crippen molar-refractivity contribution in [2.45, 2.75) is 13.0 Å². The van der Waals surface area contributed by atoms with Gasteiger partial charge in [-0.2, -0.15) is 0 Å². The van der Waals surface area contributed by atoms with Crippen LogP contribution in [0.5, 0.6) is 5.75 Å². The van der Waals surface area contributed by atoms with Gasteiger partial charge in [-0.1, -0.05) is 41.9 Å². The van der Waals surface area contributed by atoms with Crippen LogP contribution in [-0.2, 0) is 0 Å². The van der Waals surface area contributed by atoms with Crippen molar-refractivity contribution in [1.29, 1.82) is 0 Å². The van der Waals surface area contributed by atoms with E-state index >= 15 is 0 Å². The smallest absolute Gasteiger partial charge is 0.137 e. The SMILES string of the molecule is CNC(C)c1ccc(-c2ccc(OC)c(Cl)c2)cc1. The Morgan fingerprint density at radius 2 is 1.68 bits per heavy atom. The third-order valence-electron chi connectivity index (χ3n) is 3.33. The molecule has 0 fully saturated rings. The summed E-state index contributed by atoms with van der Waals surface area (Å²) in [5.41, 5.74) is 3.51. The van der Waals surface area contributed by atoms with Gasteiger partial charge >= 0.3 is 0 Å². The van der Waals surface area contributed by atoms with Crippen molar-refractivity contribution >= 4 is 11.6 Å². The molecule has 19 heavy (non-hydrogen) atoms. The van der Waals surface area contributed by atoms with Crippen molar-refractivity contribution in [3.05, 3.63) is 53.1 Å². The van der Waals surface area contributed by atoms with Crippen molar-refractivity contribution in [3.8, 4) is 16.9 Å². The zero-order valence-electron chi connectivity index (χ0n) is 11.4. The second kappa shape index (κ2) is 6.09. The number of benzene rings is 2. The quantitative estimate of drug-likeness (QED) is 0.898. The molecular formula is C16H18ClNO. The summed E-state index contributed by atoms with van der Waals surface area (Å²) in [7, 11) is 3.58. The number of hydrogen-bond donors (Lipinski definition) is 1. The molecule has 100 valence electrons. The highest BCUT2D eigenvalue weighted by Gasteiger charge is 2.05. The van der Waals surface area contributed by atoms with Crippen LogP contribution in [0.1, 0.15) is 18.5 Å². The maximum Gasteiger partial charge on any atom is 0.137 e. The van der Waals surface area contributed by atoms with Crippen LogP contribution in [0.4, 0.5) is 0 Å². The molecule has 0 aromatic heterocycles. The predicted molar refractivity (Wildman–Crippen MR) is 80.9 cm³/mol. The molecule has 3 heteroatoms.